The van der Waals surface area contributed by atoms with Crippen LogP contribution in [0.15, 0.2) is 46.0 Å². The lowest BCUT2D eigenvalue weighted by Crippen LogP contribution is -2.42. The quantitative estimate of drug-likeness (QED) is 0.360. The van der Waals surface area contributed by atoms with E-state index < -0.39 is 0 Å². The second kappa shape index (κ2) is 9.15. The minimum atomic E-state index is -0.179. The first kappa shape index (κ1) is 20.3. The Hall–Kier alpha value is -2.47. The molecule has 1 aliphatic rings. The molecule has 1 heterocycles. The summed E-state index contributed by atoms with van der Waals surface area (Å²) in [7, 11) is 1.76. The lowest BCUT2D eigenvalue weighted by Gasteiger charge is -2.19. The van der Waals surface area contributed by atoms with Gasteiger partial charge in [0.1, 0.15) is 0 Å². The van der Waals surface area contributed by atoms with Crippen LogP contribution in [0, 0.1) is 6.92 Å². The molecule has 1 aromatic heterocycles. The van der Waals surface area contributed by atoms with Crippen LogP contribution < -0.4 is 16.0 Å². The highest BCUT2D eigenvalue weighted by atomic mass is 35.5. The maximum atomic E-state index is 12.0. The van der Waals surface area contributed by atoms with Crippen molar-refractivity contribution in [3.63, 3.8) is 0 Å². The predicted molar refractivity (Wildman–Crippen MR) is 112 cm³/mol. The molecular weight excluding hydrogens is 376 g/mol. The van der Waals surface area contributed by atoms with Crippen molar-refractivity contribution in [3.8, 4) is 0 Å². The van der Waals surface area contributed by atoms with Gasteiger partial charge in [-0.2, -0.15) is 0 Å². The van der Waals surface area contributed by atoms with Crippen molar-refractivity contribution in [2.24, 2.45) is 4.99 Å². The monoisotopic (exact) mass is 402 g/mol. The fourth-order valence-corrected chi connectivity index (χ4v) is 3.38. The van der Waals surface area contributed by atoms with Gasteiger partial charge in [-0.1, -0.05) is 23.7 Å². The Morgan fingerprint density at radius 1 is 1.21 bits per heavy atom. The third-order valence-electron chi connectivity index (χ3n) is 5.11. The number of guanidine groups is 1. The average Bonchev–Trinajstić information content (AvgIpc) is 3.36. The van der Waals surface area contributed by atoms with Gasteiger partial charge in [0.05, 0.1) is 6.26 Å². The molecule has 150 valence electrons. The summed E-state index contributed by atoms with van der Waals surface area (Å²) in [6.45, 7) is 3.95. The van der Waals surface area contributed by atoms with Crippen molar-refractivity contribution in [2.75, 3.05) is 26.7 Å². The molecule has 3 N–H and O–H groups in total. The second-order valence-electron chi connectivity index (χ2n) is 7.19. The highest BCUT2D eigenvalue weighted by molar-refractivity contribution is 6.30. The number of aryl methyl sites for hydroxylation is 1. The molecule has 3 rings (SSSR count). The van der Waals surface area contributed by atoms with Crippen LogP contribution in [0.4, 0.5) is 0 Å². The molecule has 0 radical (unpaired) electrons. The molecular formula is C21H27ClN4O2. The topological polar surface area (TPSA) is 78.7 Å². The largest absolute Gasteiger partial charge is 0.459 e. The van der Waals surface area contributed by atoms with Gasteiger partial charge in [0, 0.05) is 42.7 Å². The van der Waals surface area contributed by atoms with Crippen LogP contribution >= 0.6 is 11.6 Å². The van der Waals surface area contributed by atoms with E-state index in [1.165, 1.54) is 11.8 Å². The fraction of sp³-hybridized carbons (Fsp3) is 0.429. The summed E-state index contributed by atoms with van der Waals surface area (Å²) in [4.78, 5) is 16.3. The van der Waals surface area contributed by atoms with Crippen LogP contribution in [0.2, 0.25) is 5.02 Å². The van der Waals surface area contributed by atoms with Gasteiger partial charge >= 0.3 is 0 Å². The van der Waals surface area contributed by atoms with E-state index in [0.717, 1.165) is 42.4 Å². The molecule has 1 amide bonds. The van der Waals surface area contributed by atoms with Gasteiger partial charge in [-0.15, -0.1) is 0 Å². The summed E-state index contributed by atoms with van der Waals surface area (Å²) in [5.74, 6) is 0.963. The Labute approximate surface area is 170 Å². The van der Waals surface area contributed by atoms with E-state index in [1.807, 2.05) is 19.1 Å². The summed E-state index contributed by atoms with van der Waals surface area (Å²) < 4.78 is 5.19. The molecule has 0 aliphatic heterocycles. The van der Waals surface area contributed by atoms with Gasteiger partial charge in [-0.25, -0.2) is 0 Å². The Morgan fingerprint density at radius 3 is 2.64 bits per heavy atom. The number of halogens is 1. The third kappa shape index (κ3) is 5.07. The Kier molecular flexibility index (Phi) is 6.62. The van der Waals surface area contributed by atoms with Gasteiger partial charge in [0.2, 0.25) is 0 Å². The van der Waals surface area contributed by atoms with Crippen molar-refractivity contribution in [2.45, 2.75) is 31.6 Å². The number of benzene rings is 1. The van der Waals surface area contributed by atoms with Gasteiger partial charge in [-0.05, 0) is 49.9 Å². The van der Waals surface area contributed by atoms with E-state index >= 15 is 0 Å². The summed E-state index contributed by atoms with van der Waals surface area (Å²) in [6.07, 6.45) is 4.61. The molecule has 0 saturated heterocycles. The number of amides is 1. The number of hydrogen-bond acceptors (Lipinski definition) is 3. The molecule has 0 unspecified atom stereocenters. The van der Waals surface area contributed by atoms with E-state index in [0.29, 0.717) is 18.8 Å². The molecule has 6 nitrogen and oxygen atoms in total. The first-order valence-electron chi connectivity index (χ1n) is 9.57. The molecule has 7 heteroatoms. The van der Waals surface area contributed by atoms with E-state index in [1.54, 1.807) is 13.1 Å². The zero-order valence-electron chi connectivity index (χ0n) is 16.3. The molecule has 1 aliphatic carbocycles. The average molecular weight is 403 g/mol. The molecule has 0 atom stereocenters. The Balaban J connectivity index is 1.37. The molecule has 0 spiro atoms. The molecule has 0 bridgehead atoms. The molecule has 2 aromatic rings. The smallest absolute Gasteiger partial charge is 0.287 e. The lowest BCUT2D eigenvalue weighted by atomic mass is 9.96. The van der Waals surface area contributed by atoms with Gasteiger partial charge < -0.3 is 20.4 Å². The van der Waals surface area contributed by atoms with Crippen molar-refractivity contribution in [1.82, 2.24) is 16.0 Å². The van der Waals surface area contributed by atoms with E-state index in [9.17, 15) is 4.79 Å². The first-order valence-corrected chi connectivity index (χ1v) is 9.95. The zero-order valence-corrected chi connectivity index (χ0v) is 17.1. The summed E-state index contributed by atoms with van der Waals surface area (Å²) >= 11 is 6.14. The van der Waals surface area contributed by atoms with Gasteiger partial charge in [-0.3, -0.25) is 9.79 Å². The Morgan fingerprint density at radius 2 is 2.00 bits per heavy atom. The number of aliphatic imine (C=N–C) groups is 1. The number of hydrogen-bond donors (Lipinski definition) is 3. The van der Waals surface area contributed by atoms with Crippen molar-refractivity contribution in [1.29, 1.82) is 0 Å². The Bertz CT molecular complexity index is 842. The first-order chi connectivity index (χ1) is 13.5. The minimum absolute atomic E-state index is 0.150. The summed E-state index contributed by atoms with van der Waals surface area (Å²) in [6, 6.07) is 9.88. The molecule has 28 heavy (non-hydrogen) atoms. The fourth-order valence-electron chi connectivity index (χ4n) is 3.19. The molecule has 1 fully saturated rings. The third-order valence-corrected chi connectivity index (χ3v) is 5.34. The normalized spacial score (nSPS) is 15.2. The van der Waals surface area contributed by atoms with Crippen LogP contribution in [0.1, 0.15) is 40.9 Å². The highest BCUT2D eigenvalue weighted by Crippen LogP contribution is 2.48. The van der Waals surface area contributed by atoms with Gasteiger partial charge in [0.15, 0.2) is 11.7 Å². The standard InChI is InChI=1S/C21H27ClN4O2/c1-15-7-12-28-18(15)19(27)24-10-4-11-25-20(23-2)26-14-21(8-9-21)16-5-3-6-17(22)13-16/h3,5-7,12-13H,4,8-11,14H2,1-2H3,(H,24,27)(H2,23,25,26). The SMILES string of the molecule is CN=C(NCCCNC(=O)c1occc1C)NCC1(c2cccc(Cl)c2)CC1. The van der Waals surface area contributed by atoms with Gasteiger partial charge in [0.25, 0.3) is 5.91 Å². The number of nitrogens with one attached hydrogen (secondary N) is 3. The van der Waals surface area contributed by atoms with Crippen LogP contribution in [0.25, 0.3) is 0 Å². The van der Waals surface area contributed by atoms with E-state index in [4.69, 9.17) is 16.0 Å². The van der Waals surface area contributed by atoms with Crippen LogP contribution in [-0.2, 0) is 5.41 Å². The highest BCUT2D eigenvalue weighted by Gasteiger charge is 2.44. The van der Waals surface area contributed by atoms with E-state index in [-0.39, 0.29) is 11.3 Å². The van der Waals surface area contributed by atoms with Crippen LogP contribution in [-0.4, -0.2) is 38.5 Å². The molecule has 1 aromatic carbocycles. The summed E-state index contributed by atoms with van der Waals surface area (Å²) in [5, 5.41) is 10.3. The maximum absolute atomic E-state index is 12.0. The maximum Gasteiger partial charge on any atom is 0.287 e. The second-order valence-corrected chi connectivity index (χ2v) is 7.62. The zero-order chi connectivity index (χ0) is 20.0. The number of rotatable bonds is 8. The van der Waals surface area contributed by atoms with Crippen molar-refractivity contribution < 1.29 is 9.21 Å². The predicted octanol–water partition coefficient (Wildman–Crippen LogP) is 3.26. The number of furan rings is 1. The summed E-state index contributed by atoms with van der Waals surface area (Å²) in [5.41, 5.74) is 2.27. The van der Waals surface area contributed by atoms with Crippen LogP contribution in [0.5, 0.6) is 0 Å². The number of carbonyl (C=O) groups excluding carboxylic acids is 1. The number of carbonyl (C=O) groups is 1. The van der Waals surface area contributed by atoms with Crippen molar-refractivity contribution in [3.05, 3.63) is 58.5 Å². The number of nitrogens with zero attached hydrogens (tertiary/aromatic N) is 1. The van der Waals surface area contributed by atoms with E-state index in [2.05, 4.69) is 33.1 Å². The van der Waals surface area contributed by atoms with Crippen LogP contribution in [0.3, 0.4) is 0 Å². The molecule has 1 saturated carbocycles. The van der Waals surface area contributed by atoms with Crippen molar-refractivity contribution >= 4 is 23.5 Å². The minimum Gasteiger partial charge on any atom is -0.459 e. The lowest BCUT2D eigenvalue weighted by molar-refractivity contribution is 0.0925.